The van der Waals surface area contributed by atoms with Crippen LogP contribution in [-0.2, 0) is 4.79 Å². The molecule has 0 aromatic heterocycles. The van der Waals surface area contributed by atoms with Crippen LogP contribution >= 0.6 is 0 Å². The van der Waals surface area contributed by atoms with Crippen LogP contribution in [0.5, 0.6) is 0 Å². The fraction of sp³-hybridized carbons (Fsp3) is 0.959. The van der Waals surface area contributed by atoms with Crippen LogP contribution in [0.3, 0.4) is 0 Å². The summed E-state index contributed by atoms with van der Waals surface area (Å²) < 4.78 is 0. The Hall–Kier alpha value is -0.870. The minimum atomic E-state index is -0.837. The van der Waals surface area contributed by atoms with Gasteiger partial charge in [-0.15, -0.1) is 0 Å². The SMILES string of the molecule is CCCCCCCCCCCCCCCCCCCCCCCCC/C=C/C(O)C(CO)NC(=O)CCCCCCCCCCCCCCCCCCCCCCCCCCCCCCCCCCCCCCCCCC. The van der Waals surface area contributed by atoms with Crippen LogP contribution in [0.15, 0.2) is 12.2 Å². The van der Waals surface area contributed by atoms with Gasteiger partial charge in [0.25, 0.3) is 0 Å². The van der Waals surface area contributed by atoms with Crippen molar-refractivity contribution < 1.29 is 15.0 Å². The Morgan fingerprint density at radius 1 is 0.299 bits per heavy atom. The normalized spacial score (nSPS) is 12.6. The van der Waals surface area contributed by atoms with Gasteiger partial charge in [-0.05, 0) is 19.3 Å². The second kappa shape index (κ2) is 69.4. The molecule has 0 fully saturated rings. The molecule has 0 aliphatic carbocycles. The van der Waals surface area contributed by atoms with Crippen molar-refractivity contribution in [2.45, 2.75) is 443 Å². The lowest BCUT2D eigenvalue weighted by Crippen LogP contribution is -2.45. The number of carbonyl (C=O) groups excluding carboxylic acids is 1. The molecule has 0 aromatic carbocycles. The topological polar surface area (TPSA) is 69.6 Å². The Bertz CT molecular complexity index is 1090. The van der Waals surface area contributed by atoms with E-state index in [4.69, 9.17) is 0 Å². The summed E-state index contributed by atoms with van der Waals surface area (Å²) >= 11 is 0. The minimum Gasteiger partial charge on any atom is -0.394 e. The minimum absolute atomic E-state index is 0.0528. The molecule has 460 valence electrons. The smallest absolute Gasteiger partial charge is 0.220 e. The first-order valence-corrected chi connectivity index (χ1v) is 36.4. The van der Waals surface area contributed by atoms with Gasteiger partial charge in [-0.2, -0.15) is 0 Å². The molecule has 4 nitrogen and oxygen atoms in total. The number of aliphatic hydroxyl groups excluding tert-OH is 2. The Morgan fingerprint density at radius 3 is 0.675 bits per heavy atom. The van der Waals surface area contributed by atoms with E-state index in [9.17, 15) is 15.0 Å². The zero-order chi connectivity index (χ0) is 55.5. The first kappa shape index (κ1) is 76.1. The molecule has 0 aromatic rings. The maximum Gasteiger partial charge on any atom is 0.220 e. The third-order valence-corrected chi connectivity index (χ3v) is 17.5. The number of nitrogens with one attached hydrogen (secondary N) is 1. The summed E-state index contributed by atoms with van der Waals surface area (Å²) in [5.74, 6) is -0.0528. The summed E-state index contributed by atoms with van der Waals surface area (Å²) in [6, 6.07) is -0.620. The highest BCUT2D eigenvalue weighted by molar-refractivity contribution is 5.76. The quantitative estimate of drug-likeness (QED) is 0.0420. The third kappa shape index (κ3) is 65.8. The largest absolute Gasteiger partial charge is 0.394 e. The number of hydrogen-bond donors (Lipinski definition) is 3. The fourth-order valence-electron chi connectivity index (χ4n) is 12.0. The summed E-state index contributed by atoms with van der Waals surface area (Å²) in [4.78, 5) is 12.5. The lowest BCUT2D eigenvalue weighted by Gasteiger charge is -2.20. The van der Waals surface area contributed by atoms with Gasteiger partial charge >= 0.3 is 0 Å². The average Bonchev–Trinajstić information content (AvgIpc) is 3.43. The van der Waals surface area contributed by atoms with Crippen molar-refractivity contribution in [3.8, 4) is 0 Å². The monoisotopic (exact) mass is 1080 g/mol. The van der Waals surface area contributed by atoms with Crippen LogP contribution in [0.25, 0.3) is 0 Å². The van der Waals surface area contributed by atoms with E-state index in [2.05, 4.69) is 19.2 Å². The number of allylic oxidation sites excluding steroid dienone is 1. The molecule has 0 heterocycles. The van der Waals surface area contributed by atoms with Gasteiger partial charge < -0.3 is 15.5 Å². The molecule has 0 bridgehead atoms. The van der Waals surface area contributed by atoms with Gasteiger partial charge in [0.15, 0.2) is 0 Å². The molecule has 0 aliphatic heterocycles. The number of amides is 1. The Labute approximate surface area is 486 Å². The predicted molar refractivity (Wildman–Crippen MR) is 346 cm³/mol. The maximum atomic E-state index is 12.5. The van der Waals surface area contributed by atoms with Gasteiger partial charge in [0.05, 0.1) is 18.8 Å². The zero-order valence-electron chi connectivity index (χ0n) is 53.3. The molecular formula is C73H145NO3. The number of aliphatic hydroxyl groups is 2. The van der Waals surface area contributed by atoms with Crippen molar-refractivity contribution in [2.24, 2.45) is 0 Å². The summed E-state index contributed by atoms with van der Waals surface area (Å²) in [6.07, 6.45) is 93.3. The van der Waals surface area contributed by atoms with Crippen molar-refractivity contribution in [2.75, 3.05) is 6.61 Å². The maximum absolute atomic E-state index is 12.5. The van der Waals surface area contributed by atoms with Gasteiger partial charge in [0.2, 0.25) is 5.91 Å². The second-order valence-electron chi connectivity index (χ2n) is 25.4. The molecule has 77 heavy (non-hydrogen) atoms. The lowest BCUT2D eigenvalue weighted by molar-refractivity contribution is -0.123. The molecule has 0 aliphatic rings. The van der Waals surface area contributed by atoms with Crippen molar-refractivity contribution in [3.05, 3.63) is 12.2 Å². The highest BCUT2D eigenvalue weighted by Crippen LogP contribution is 2.20. The van der Waals surface area contributed by atoms with Gasteiger partial charge in [-0.25, -0.2) is 0 Å². The molecule has 4 heteroatoms. The van der Waals surface area contributed by atoms with E-state index in [0.717, 1.165) is 25.7 Å². The molecule has 2 unspecified atom stereocenters. The Kier molecular flexibility index (Phi) is 68.6. The third-order valence-electron chi connectivity index (χ3n) is 17.5. The van der Waals surface area contributed by atoms with Crippen LogP contribution in [-0.4, -0.2) is 34.9 Å². The molecule has 3 N–H and O–H groups in total. The summed E-state index contributed by atoms with van der Waals surface area (Å²) in [5, 5.41) is 23.3. The van der Waals surface area contributed by atoms with E-state index in [1.54, 1.807) is 6.08 Å². The summed E-state index contributed by atoms with van der Waals surface area (Å²) in [7, 11) is 0. The van der Waals surface area contributed by atoms with E-state index < -0.39 is 12.1 Å². The molecular weight excluding hydrogens is 939 g/mol. The summed E-state index contributed by atoms with van der Waals surface area (Å²) in [6.45, 7) is 4.37. The van der Waals surface area contributed by atoms with Crippen LogP contribution in [0.2, 0.25) is 0 Å². The fourth-order valence-corrected chi connectivity index (χ4v) is 12.0. The number of unbranched alkanes of at least 4 members (excludes halogenated alkanes) is 62. The number of rotatable bonds is 69. The molecule has 0 radical (unpaired) electrons. The highest BCUT2D eigenvalue weighted by atomic mass is 16.3. The van der Waals surface area contributed by atoms with E-state index in [1.807, 2.05) is 6.08 Å². The first-order chi connectivity index (χ1) is 38.2. The van der Waals surface area contributed by atoms with Crippen molar-refractivity contribution in [3.63, 3.8) is 0 Å². The summed E-state index contributed by atoms with van der Waals surface area (Å²) in [5.41, 5.74) is 0. The van der Waals surface area contributed by atoms with E-state index >= 15 is 0 Å². The number of carbonyl (C=O) groups is 1. The Morgan fingerprint density at radius 2 is 0.481 bits per heavy atom. The van der Waals surface area contributed by atoms with Crippen LogP contribution < -0.4 is 5.32 Å². The van der Waals surface area contributed by atoms with Gasteiger partial charge in [-0.3, -0.25) is 4.79 Å². The zero-order valence-corrected chi connectivity index (χ0v) is 53.3. The van der Waals surface area contributed by atoms with Crippen molar-refractivity contribution in [1.82, 2.24) is 5.32 Å². The van der Waals surface area contributed by atoms with E-state index in [-0.39, 0.29) is 12.5 Å². The van der Waals surface area contributed by atoms with Gasteiger partial charge in [-0.1, -0.05) is 418 Å². The van der Waals surface area contributed by atoms with Crippen LogP contribution in [0, 0.1) is 0 Å². The molecule has 2 atom stereocenters. The molecule has 0 rings (SSSR count). The first-order valence-electron chi connectivity index (χ1n) is 36.4. The second-order valence-corrected chi connectivity index (χ2v) is 25.4. The molecule has 1 amide bonds. The average molecular weight is 1080 g/mol. The molecule has 0 saturated carbocycles. The van der Waals surface area contributed by atoms with Gasteiger partial charge in [0.1, 0.15) is 0 Å². The molecule has 0 spiro atoms. The van der Waals surface area contributed by atoms with Gasteiger partial charge in [0, 0.05) is 6.42 Å². The van der Waals surface area contributed by atoms with Crippen LogP contribution in [0.1, 0.15) is 431 Å². The Balaban J connectivity index is 3.36. The van der Waals surface area contributed by atoms with E-state index in [0.29, 0.717) is 6.42 Å². The van der Waals surface area contributed by atoms with Crippen LogP contribution in [0.4, 0.5) is 0 Å². The van der Waals surface area contributed by atoms with Crippen molar-refractivity contribution in [1.29, 1.82) is 0 Å². The molecule has 0 saturated heterocycles. The highest BCUT2D eigenvalue weighted by Gasteiger charge is 2.18. The number of hydrogen-bond acceptors (Lipinski definition) is 3. The standard InChI is InChI=1S/C73H145NO3/c1-3-5-7-9-11-13-15-17-19-21-23-25-27-29-30-31-32-33-34-35-36-37-38-39-40-41-42-43-45-47-49-51-53-55-57-59-61-63-65-67-69-73(77)74-71(70-75)72(76)68-66-64-62-60-58-56-54-52-50-48-46-44-28-26-24-22-20-18-16-14-12-10-8-6-4-2/h66,68,71-72,75-76H,3-65,67,69-70H2,1-2H3,(H,74,77)/b68-66+. The van der Waals surface area contributed by atoms with Crippen molar-refractivity contribution >= 4 is 5.91 Å². The van der Waals surface area contributed by atoms with E-state index in [1.165, 1.54) is 385 Å². The predicted octanol–water partition coefficient (Wildman–Crippen LogP) is 24.8. The lowest BCUT2D eigenvalue weighted by atomic mass is 10.0.